The molecular formula is C22H24ClN5O. The first-order valence-corrected chi connectivity index (χ1v) is 9.93. The molecule has 0 spiro atoms. The van der Waals surface area contributed by atoms with E-state index in [0.29, 0.717) is 17.3 Å². The molecule has 0 radical (unpaired) electrons. The van der Waals surface area contributed by atoms with Gasteiger partial charge in [0.15, 0.2) is 5.69 Å². The van der Waals surface area contributed by atoms with E-state index in [4.69, 9.17) is 11.6 Å². The van der Waals surface area contributed by atoms with Gasteiger partial charge in [-0.1, -0.05) is 35.9 Å². The van der Waals surface area contributed by atoms with Crippen LogP contribution in [0.5, 0.6) is 0 Å². The molecule has 0 aliphatic heterocycles. The lowest BCUT2D eigenvalue weighted by molar-refractivity contribution is 0.0949. The normalized spacial score (nSPS) is 11.0. The monoisotopic (exact) mass is 409 g/mol. The number of nitrogens with zero attached hydrogens (tertiary/aromatic N) is 4. The number of rotatable bonds is 8. The number of amides is 1. The summed E-state index contributed by atoms with van der Waals surface area (Å²) in [7, 11) is 0. The van der Waals surface area contributed by atoms with E-state index in [1.165, 1.54) is 5.69 Å². The Morgan fingerprint density at radius 1 is 1.10 bits per heavy atom. The highest BCUT2D eigenvalue weighted by Gasteiger charge is 2.08. The van der Waals surface area contributed by atoms with Gasteiger partial charge in [0.2, 0.25) is 0 Å². The van der Waals surface area contributed by atoms with Crippen molar-refractivity contribution < 1.29 is 4.79 Å². The summed E-state index contributed by atoms with van der Waals surface area (Å²) < 4.78 is 1.70. The van der Waals surface area contributed by atoms with Gasteiger partial charge in [0.25, 0.3) is 5.91 Å². The van der Waals surface area contributed by atoms with Gasteiger partial charge >= 0.3 is 0 Å². The molecule has 0 aliphatic carbocycles. The molecule has 150 valence electrons. The number of carbonyl (C=O) groups is 1. The fourth-order valence-electron chi connectivity index (χ4n) is 2.93. The van der Waals surface area contributed by atoms with Crippen LogP contribution in [0, 0.1) is 0 Å². The fourth-order valence-corrected chi connectivity index (χ4v) is 3.06. The number of benzene rings is 2. The third-order valence-electron chi connectivity index (χ3n) is 4.53. The summed E-state index contributed by atoms with van der Waals surface area (Å²) in [6, 6.07) is 17.2. The minimum absolute atomic E-state index is 0.313. The zero-order valence-electron chi connectivity index (χ0n) is 16.5. The summed E-state index contributed by atoms with van der Waals surface area (Å²) in [5.74, 6) is -0.351. The van der Waals surface area contributed by atoms with E-state index in [9.17, 15) is 4.79 Å². The van der Waals surface area contributed by atoms with E-state index in [1.54, 1.807) is 23.2 Å². The van der Waals surface area contributed by atoms with Gasteiger partial charge in [-0.15, -0.1) is 0 Å². The molecule has 0 atom stereocenters. The molecule has 7 heteroatoms. The highest BCUT2D eigenvalue weighted by molar-refractivity contribution is 6.30. The Morgan fingerprint density at radius 3 is 2.45 bits per heavy atom. The van der Waals surface area contributed by atoms with Crippen molar-refractivity contribution in [3.05, 3.63) is 82.6 Å². The van der Waals surface area contributed by atoms with E-state index in [2.05, 4.69) is 46.5 Å². The third kappa shape index (κ3) is 5.68. The van der Waals surface area contributed by atoms with Crippen LogP contribution < -0.4 is 10.3 Å². The van der Waals surface area contributed by atoms with Crippen LogP contribution in [0.1, 0.15) is 35.5 Å². The van der Waals surface area contributed by atoms with Crippen molar-refractivity contribution >= 4 is 29.4 Å². The predicted octanol–water partition coefficient (Wildman–Crippen LogP) is 4.19. The van der Waals surface area contributed by atoms with Gasteiger partial charge in [0.05, 0.1) is 12.8 Å². The standard InChI is InChI=1S/C22H24ClN5O/c1-3-27(4-2)20-11-7-17(8-12-20)15-24-25-22(29)21-13-14-28(26-21)16-18-5-9-19(23)10-6-18/h5-15H,3-4,16H2,1-2H3,(H,25,29). The van der Waals surface area contributed by atoms with Gasteiger partial charge in [-0.3, -0.25) is 9.48 Å². The Morgan fingerprint density at radius 2 is 1.79 bits per heavy atom. The minimum atomic E-state index is -0.351. The maximum atomic E-state index is 12.2. The highest BCUT2D eigenvalue weighted by Crippen LogP contribution is 2.14. The lowest BCUT2D eigenvalue weighted by Gasteiger charge is -2.20. The van der Waals surface area contributed by atoms with Crippen molar-refractivity contribution in [1.82, 2.24) is 15.2 Å². The average Bonchev–Trinajstić information content (AvgIpc) is 3.20. The van der Waals surface area contributed by atoms with Gasteiger partial charge in [-0.25, -0.2) is 5.43 Å². The zero-order valence-corrected chi connectivity index (χ0v) is 17.3. The molecule has 1 aromatic heterocycles. The smallest absolute Gasteiger partial charge is 0.291 e. The van der Waals surface area contributed by atoms with Gasteiger partial charge in [0, 0.05) is 30.0 Å². The quantitative estimate of drug-likeness (QED) is 0.448. The first-order valence-electron chi connectivity index (χ1n) is 9.55. The van der Waals surface area contributed by atoms with Crippen molar-refractivity contribution in [1.29, 1.82) is 0 Å². The van der Waals surface area contributed by atoms with Crippen LogP contribution in [0.3, 0.4) is 0 Å². The second-order valence-corrected chi connectivity index (χ2v) is 6.92. The predicted molar refractivity (Wildman–Crippen MR) is 118 cm³/mol. The van der Waals surface area contributed by atoms with Gasteiger partial charge < -0.3 is 4.90 Å². The molecule has 0 unspecified atom stereocenters. The highest BCUT2D eigenvalue weighted by atomic mass is 35.5. The Balaban J connectivity index is 1.55. The van der Waals surface area contributed by atoms with Crippen molar-refractivity contribution in [2.75, 3.05) is 18.0 Å². The number of anilines is 1. The van der Waals surface area contributed by atoms with E-state index in [1.807, 2.05) is 36.4 Å². The van der Waals surface area contributed by atoms with E-state index in [-0.39, 0.29) is 5.91 Å². The maximum absolute atomic E-state index is 12.2. The summed E-state index contributed by atoms with van der Waals surface area (Å²) in [6.07, 6.45) is 3.38. The second kappa shape index (κ2) is 9.89. The fraction of sp³-hybridized carbons (Fsp3) is 0.227. The molecule has 0 saturated heterocycles. The number of hydrogen-bond donors (Lipinski definition) is 1. The van der Waals surface area contributed by atoms with Crippen LogP contribution in [0.4, 0.5) is 5.69 Å². The zero-order chi connectivity index (χ0) is 20.6. The van der Waals surface area contributed by atoms with Crippen molar-refractivity contribution in [2.24, 2.45) is 5.10 Å². The topological polar surface area (TPSA) is 62.5 Å². The largest absolute Gasteiger partial charge is 0.372 e. The second-order valence-electron chi connectivity index (χ2n) is 6.49. The molecule has 0 fully saturated rings. The number of carbonyl (C=O) groups excluding carboxylic acids is 1. The molecule has 1 amide bonds. The van der Waals surface area contributed by atoms with Crippen LogP contribution >= 0.6 is 11.6 Å². The third-order valence-corrected chi connectivity index (χ3v) is 4.78. The number of halogens is 1. The number of nitrogens with one attached hydrogen (secondary N) is 1. The van der Waals surface area contributed by atoms with Crippen molar-refractivity contribution in [3.63, 3.8) is 0 Å². The maximum Gasteiger partial charge on any atom is 0.291 e. The molecule has 0 bridgehead atoms. The Labute approximate surface area is 175 Å². The van der Waals surface area contributed by atoms with Gasteiger partial charge in [0.1, 0.15) is 0 Å². The lowest BCUT2D eigenvalue weighted by Crippen LogP contribution is -2.21. The van der Waals surface area contributed by atoms with Crippen LogP contribution in [0.15, 0.2) is 65.9 Å². The summed E-state index contributed by atoms with van der Waals surface area (Å²) in [6.45, 7) is 6.75. The first kappa shape index (κ1) is 20.6. The molecule has 0 saturated carbocycles. The minimum Gasteiger partial charge on any atom is -0.372 e. The van der Waals surface area contributed by atoms with Crippen LogP contribution in [-0.2, 0) is 6.54 Å². The molecule has 3 aromatic rings. The molecule has 1 heterocycles. The van der Waals surface area contributed by atoms with E-state index in [0.717, 1.165) is 24.2 Å². The first-order chi connectivity index (χ1) is 14.1. The number of aromatic nitrogens is 2. The van der Waals surface area contributed by atoms with Gasteiger partial charge in [-0.05, 0) is 55.3 Å². The van der Waals surface area contributed by atoms with E-state index >= 15 is 0 Å². The lowest BCUT2D eigenvalue weighted by atomic mass is 10.2. The number of hydrazone groups is 1. The van der Waals surface area contributed by atoms with Crippen LogP contribution in [0.2, 0.25) is 5.02 Å². The molecule has 3 rings (SSSR count). The Kier molecular flexibility index (Phi) is 7.03. The number of hydrogen-bond acceptors (Lipinski definition) is 4. The average molecular weight is 410 g/mol. The Hall–Kier alpha value is -3.12. The van der Waals surface area contributed by atoms with Crippen molar-refractivity contribution in [3.8, 4) is 0 Å². The van der Waals surface area contributed by atoms with Crippen molar-refractivity contribution in [2.45, 2.75) is 20.4 Å². The Bertz CT molecular complexity index is 960. The molecular weight excluding hydrogens is 386 g/mol. The molecule has 1 N–H and O–H groups in total. The summed E-state index contributed by atoms with van der Waals surface area (Å²) in [5.41, 5.74) is 5.96. The summed E-state index contributed by atoms with van der Waals surface area (Å²) in [5, 5.41) is 9.02. The summed E-state index contributed by atoms with van der Waals surface area (Å²) >= 11 is 5.90. The van der Waals surface area contributed by atoms with Crippen LogP contribution in [-0.4, -0.2) is 35.0 Å². The molecule has 29 heavy (non-hydrogen) atoms. The van der Waals surface area contributed by atoms with Gasteiger partial charge in [-0.2, -0.15) is 10.2 Å². The van der Waals surface area contributed by atoms with Crippen LogP contribution in [0.25, 0.3) is 0 Å². The molecule has 6 nitrogen and oxygen atoms in total. The SMILES string of the molecule is CCN(CC)c1ccc(C=NNC(=O)c2ccn(Cc3ccc(Cl)cc3)n2)cc1. The summed E-state index contributed by atoms with van der Waals surface area (Å²) in [4.78, 5) is 14.5. The molecule has 2 aromatic carbocycles. The molecule has 0 aliphatic rings. The van der Waals surface area contributed by atoms with E-state index < -0.39 is 0 Å².